The first-order valence-electron chi connectivity index (χ1n) is 12.1. The number of hydrogen-bond acceptors (Lipinski definition) is 4. The minimum atomic E-state index is -4.43. The first kappa shape index (κ1) is 28.1. The number of carbonyl (C=O) groups excluding carboxylic acids is 1. The second kappa shape index (κ2) is 8.57. The van der Waals surface area contributed by atoms with Gasteiger partial charge in [-0.3, -0.25) is 0 Å². The lowest BCUT2D eigenvalue weighted by Crippen LogP contribution is -2.53. The highest BCUT2D eigenvalue weighted by Crippen LogP contribution is 2.50. The van der Waals surface area contributed by atoms with Crippen LogP contribution in [0.1, 0.15) is 59.1 Å². The molecule has 0 N–H and O–H groups in total. The van der Waals surface area contributed by atoms with Crippen molar-refractivity contribution in [2.75, 3.05) is 0 Å². The lowest BCUT2D eigenvalue weighted by atomic mass is 9.82. The summed E-state index contributed by atoms with van der Waals surface area (Å²) in [6.07, 6.45) is -3.46. The maximum Gasteiger partial charge on any atom is 0.416 e. The molecule has 1 aliphatic heterocycles. The van der Waals surface area contributed by atoms with E-state index in [2.05, 4.69) is 67.7 Å². The van der Waals surface area contributed by atoms with Crippen molar-refractivity contribution in [1.29, 1.82) is 0 Å². The average Bonchev–Trinajstić information content (AvgIpc) is 2.92. The van der Waals surface area contributed by atoms with E-state index in [1.807, 2.05) is 0 Å². The SMILES string of the molecule is CC(C)(C)[Si](C)(C)O[C@@H]1C(c2ccc(C(F)(F)F)cc2)=C[C@]2(O[Si](C)(C)C(C)(C)C)C[C@H]1OC2=O. The summed E-state index contributed by atoms with van der Waals surface area (Å²) in [6, 6.07) is 5.04. The molecule has 1 fully saturated rings. The van der Waals surface area contributed by atoms with Gasteiger partial charge in [-0.15, -0.1) is 0 Å². The zero-order valence-electron chi connectivity index (χ0n) is 22.5. The molecule has 1 saturated heterocycles. The van der Waals surface area contributed by atoms with E-state index in [9.17, 15) is 18.0 Å². The molecule has 1 aliphatic carbocycles. The minimum absolute atomic E-state index is 0.104. The van der Waals surface area contributed by atoms with Gasteiger partial charge in [-0.2, -0.15) is 13.2 Å². The van der Waals surface area contributed by atoms with Gasteiger partial charge in [0.25, 0.3) is 0 Å². The van der Waals surface area contributed by atoms with Crippen LogP contribution in [0.25, 0.3) is 5.57 Å². The molecular weight excluding hydrogens is 489 g/mol. The van der Waals surface area contributed by atoms with Crippen LogP contribution in [0.5, 0.6) is 0 Å². The molecular formula is C26H39F3O4Si2. The van der Waals surface area contributed by atoms with Gasteiger partial charge >= 0.3 is 12.1 Å². The van der Waals surface area contributed by atoms with Gasteiger partial charge < -0.3 is 13.6 Å². The number of ether oxygens (including phenoxy) is 1. The Kier molecular flexibility index (Phi) is 6.89. The van der Waals surface area contributed by atoms with E-state index in [1.165, 1.54) is 12.1 Å². The number of fused-ring (bicyclic) bond motifs is 2. The van der Waals surface area contributed by atoms with Crippen LogP contribution < -0.4 is 0 Å². The fourth-order valence-electron chi connectivity index (χ4n) is 3.94. The Morgan fingerprint density at radius 2 is 1.43 bits per heavy atom. The van der Waals surface area contributed by atoms with Crippen molar-refractivity contribution in [2.45, 2.75) is 108 Å². The Balaban J connectivity index is 2.14. The molecule has 2 bridgehead atoms. The summed E-state index contributed by atoms with van der Waals surface area (Å²) in [6.45, 7) is 21.0. The third-order valence-corrected chi connectivity index (χ3v) is 17.1. The van der Waals surface area contributed by atoms with Crippen LogP contribution >= 0.6 is 0 Å². The van der Waals surface area contributed by atoms with Crippen molar-refractivity contribution in [2.24, 2.45) is 0 Å². The quantitative estimate of drug-likeness (QED) is 0.292. The molecule has 1 heterocycles. The van der Waals surface area contributed by atoms with Gasteiger partial charge in [0.2, 0.25) is 0 Å². The molecule has 1 aromatic carbocycles. The van der Waals surface area contributed by atoms with E-state index in [0.717, 1.165) is 12.1 Å². The molecule has 2 aliphatic rings. The molecule has 9 heteroatoms. The molecule has 0 spiro atoms. The molecule has 0 aromatic heterocycles. The summed E-state index contributed by atoms with van der Waals surface area (Å²) < 4.78 is 59.0. The third-order valence-electron chi connectivity index (χ3n) is 8.16. The molecule has 0 unspecified atom stereocenters. The Bertz CT molecular complexity index is 1000. The number of benzene rings is 1. The molecule has 4 nitrogen and oxygen atoms in total. The van der Waals surface area contributed by atoms with E-state index in [0.29, 0.717) is 17.6 Å². The topological polar surface area (TPSA) is 44.8 Å². The minimum Gasteiger partial charge on any atom is -0.457 e. The Morgan fingerprint density at radius 1 is 0.914 bits per heavy atom. The first-order chi connectivity index (χ1) is 15.6. The third kappa shape index (κ3) is 5.33. The Labute approximate surface area is 209 Å². The van der Waals surface area contributed by atoms with Crippen molar-refractivity contribution >= 4 is 28.2 Å². The lowest BCUT2D eigenvalue weighted by Gasteiger charge is -2.45. The van der Waals surface area contributed by atoms with Gasteiger partial charge in [0.1, 0.15) is 12.2 Å². The Morgan fingerprint density at radius 3 is 1.89 bits per heavy atom. The van der Waals surface area contributed by atoms with Crippen molar-refractivity contribution in [1.82, 2.24) is 0 Å². The van der Waals surface area contributed by atoms with Crippen LogP contribution in [0.4, 0.5) is 13.2 Å². The van der Waals surface area contributed by atoms with Crippen molar-refractivity contribution in [3.63, 3.8) is 0 Å². The smallest absolute Gasteiger partial charge is 0.416 e. The molecule has 3 rings (SSSR count). The van der Waals surface area contributed by atoms with Gasteiger partial charge in [0.05, 0.1) is 5.56 Å². The fraction of sp³-hybridized carbons (Fsp3) is 0.654. The maximum absolute atomic E-state index is 13.3. The monoisotopic (exact) mass is 528 g/mol. The van der Waals surface area contributed by atoms with E-state index >= 15 is 0 Å². The molecule has 0 radical (unpaired) electrons. The normalized spacial score (nSPS) is 26.0. The van der Waals surface area contributed by atoms with Gasteiger partial charge in [0.15, 0.2) is 22.2 Å². The number of hydrogen-bond donors (Lipinski definition) is 0. The molecule has 0 saturated carbocycles. The summed E-state index contributed by atoms with van der Waals surface area (Å²) in [5.41, 5.74) is -0.752. The van der Waals surface area contributed by atoms with Gasteiger partial charge in [-0.05, 0) is 65.6 Å². The summed E-state index contributed by atoms with van der Waals surface area (Å²) in [5, 5.41) is -0.246. The zero-order valence-corrected chi connectivity index (χ0v) is 24.5. The van der Waals surface area contributed by atoms with Crippen LogP contribution in [0.15, 0.2) is 30.3 Å². The van der Waals surface area contributed by atoms with Gasteiger partial charge in [-0.25, -0.2) is 4.79 Å². The summed E-state index contributed by atoms with van der Waals surface area (Å²) in [7, 11) is -4.70. The second-order valence-corrected chi connectivity index (χ2v) is 22.4. The molecule has 35 heavy (non-hydrogen) atoms. The van der Waals surface area contributed by atoms with E-state index in [4.69, 9.17) is 13.6 Å². The highest BCUT2D eigenvalue weighted by molar-refractivity contribution is 6.74. The van der Waals surface area contributed by atoms with Crippen LogP contribution in [0.3, 0.4) is 0 Å². The van der Waals surface area contributed by atoms with Crippen molar-refractivity contribution < 1.29 is 31.6 Å². The van der Waals surface area contributed by atoms with E-state index < -0.39 is 52.2 Å². The first-order valence-corrected chi connectivity index (χ1v) is 17.9. The highest BCUT2D eigenvalue weighted by atomic mass is 28.4. The van der Waals surface area contributed by atoms with Gasteiger partial charge in [-0.1, -0.05) is 53.7 Å². The van der Waals surface area contributed by atoms with Gasteiger partial charge in [0, 0.05) is 6.42 Å². The average molecular weight is 529 g/mol. The fourth-order valence-corrected chi connectivity index (χ4v) is 6.64. The molecule has 196 valence electrons. The predicted molar refractivity (Wildman–Crippen MR) is 137 cm³/mol. The van der Waals surface area contributed by atoms with E-state index in [-0.39, 0.29) is 10.1 Å². The maximum atomic E-state index is 13.3. The number of alkyl halides is 3. The number of esters is 1. The highest BCUT2D eigenvalue weighted by Gasteiger charge is 2.60. The Hall–Kier alpha value is -1.43. The van der Waals surface area contributed by atoms with Crippen molar-refractivity contribution in [3.8, 4) is 0 Å². The lowest BCUT2D eigenvalue weighted by molar-refractivity contribution is -0.151. The zero-order chi connectivity index (χ0) is 26.8. The standard InChI is InChI=1S/C26H39F3O4Si2/c1-23(2,3)34(7,8)32-21-19(17-11-13-18(14-12-17)26(27,28)29)15-25(16-20(21)31-22(25)30)33-35(9,10)24(4,5)6/h11-15,20-21H,16H2,1-10H3/t20-,21-,25+/m1/s1. The van der Waals surface area contributed by atoms with E-state index in [1.54, 1.807) is 6.08 Å². The summed E-state index contributed by atoms with van der Waals surface area (Å²) >= 11 is 0. The number of carbonyl (C=O) groups is 1. The molecule has 3 atom stereocenters. The predicted octanol–water partition coefficient (Wildman–Crippen LogP) is 7.57. The van der Waals surface area contributed by atoms with Crippen LogP contribution in [0, 0.1) is 0 Å². The second-order valence-electron chi connectivity index (χ2n) is 12.9. The summed E-state index contributed by atoms with van der Waals surface area (Å²) in [5.74, 6) is -0.446. The molecule has 1 aromatic rings. The summed E-state index contributed by atoms with van der Waals surface area (Å²) in [4.78, 5) is 13.3. The van der Waals surface area contributed by atoms with Crippen LogP contribution in [-0.4, -0.2) is 40.4 Å². The van der Waals surface area contributed by atoms with Crippen LogP contribution in [0.2, 0.25) is 36.3 Å². The van der Waals surface area contributed by atoms with Crippen molar-refractivity contribution in [3.05, 3.63) is 41.5 Å². The number of rotatable bonds is 5. The van der Waals surface area contributed by atoms with Crippen LogP contribution in [-0.2, 0) is 24.6 Å². The molecule has 0 amide bonds. The largest absolute Gasteiger partial charge is 0.457 e. The number of halogens is 3.